The van der Waals surface area contributed by atoms with Crippen LogP contribution in [0.15, 0.2) is 0 Å². The highest BCUT2D eigenvalue weighted by molar-refractivity contribution is 5.95. The summed E-state index contributed by atoms with van der Waals surface area (Å²) in [6.07, 6.45) is 0. The summed E-state index contributed by atoms with van der Waals surface area (Å²) in [7, 11) is 0. The summed E-state index contributed by atoms with van der Waals surface area (Å²) in [6.45, 7) is 4.96. The van der Waals surface area contributed by atoms with Gasteiger partial charge >= 0.3 is 5.97 Å². The van der Waals surface area contributed by atoms with E-state index in [1.807, 2.05) is 0 Å². The maximum absolute atomic E-state index is 10.9. The smallest absolute Gasteiger partial charge is 0.326 e. The summed E-state index contributed by atoms with van der Waals surface area (Å²) in [5, 5.41) is 11.0. The summed E-state index contributed by atoms with van der Waals surface area (Å²) in [4.78, 5) is 21.5. The molecule has 0 spiro atoms. The average molecular weight is 183 g/mol. The van der Waals surface area contributed by atoms with Crippen LogP contribution in [0.3, 0.4) is 0 Å². The van der Waals surface area contributed by atoms with E-state index >= 15 is 0 Å². The van der Waals surface area contributed by atoms with Crippen LogP contribution in [0.4, 0.5) is 0 Å². The van der Waals surface area contributed by atoms with Gasteiger partial charge in [-0.2, -0.15) is 0 Å². The first-order valence-corrected chi connectivity index (χ1v) is 3.95. The number of hydrogen-bond donors (Lipinski definition) is 2. The SMILES string of the molecule is CC#CC(=O)NC(C(=O)O)C(C)C. The van der Waals surface area contributed by atoms with Crippen LogP contribution in [0.5, 0.6) is 0 Å². The predicted octanol–water partition coefficient (Wildman–Crippen LogP) is 0.235. The van der Waals surface area contributed by atoms with Crippen LogP contribution in [0.25, 0.3) is 0 Å². The Labute approximate surface area is 77.3 Å². The lowest BCUT2D eigenvalue weighted by Gasteiger charge is -2.15. The molecule has 0 heterocycles. The van der Waals surface area contributed by atoms with Gasteiger partial charge in [-0.3, -0.25) is 4.79 Å². The van der Waals surface area contributed by atoms with Crippen molar-refractivity contribution < 1.29 is 14.7 Å². The molecule has 1 unspecified atom stereocenters. The van der Waals surface area contributed by atoms with E-state index in [1.54, 1.807) is 13.8 Å². The lowest BCUT2D eigenvalue weighted by molar-refractivity contribution is -0.142. The molecule has 1 atom stereocenters. The van der Waals surface area contributed by atoms with Crippen molar-refractivity contribution in [2.24, 2.45) is 5.92 Å². The molecule has 0 aromatic heterocycles. The van der Waals surface area contributed by atoms with Gasteiger partial charge < -0.3 is 10.4 Å². The molecule has 4 heteroatoms. The standard InChI is InChI=1S/C9H13NO3/c1-4-5-7(11)10-8(6(2)3)9(12)13/h6,8H,1-3H3,(H,10,11)(H,12,13). The second-order valence-electron chi connectivity index (χ2n) is 2.91. The van der Waals surface area contributed by atoms with E-state index in [1.165, 1.54) is 6.92 Å². The van der Waals surface area contributed by atoms with E-state index in [4.69, 9.17) is 5.11 Å². The van der Waals surface area contributed by atoms with Crippen LogP contribution in [0, 0.1) is 17.8 Å². The molecule has 0 fully saturated rings. The van der Waals surface area contributed by atoms with E-state index in [0.29, 0.717) is 0 Å². The molecule has 0 aliphatic heterocycles. The first-order valence-electron chi connectivity index (χ1n) is 3.95. The fraction of sp³-hybridized carbons (Fsp3) is 0.556. The van der Waals surface area contributed by atoms with Gasteiger partial charge in [-0.1, -0.05) is 19.8 Å². The summed E-state index contributed by atoms with van der Waals surface area (Å²) in [5.74, 6) is 2.87. The van der Waals surface area contributed by atoms with Gasteiger partial charge in [0.2, 0.25) is 0 Å². The Morgan fingerprint density at radius 2 is 1.92 bits per heavy atom. The van der Waals surface area contributed by atoms with Crippen molar-refractivity contribution in [1.29, 1.82) is 0 Å². The lowest BCUT2D eigenvalue weighted by Crippen LogP contribution is -2.43. The molecular formula is C9H13NO3. The van der Waals surface area contributed by atoms with Gasteiger partial charge in [0, 0.05) is 0 Å². The van der Waals surface area contributed by atoms with Gasteiger partial charge in [0.25, 0.3) is 5.91 Å². The van der Waals surface area contributed by atoms with E-state index < -0.39 is 17.9 Å². The number of amides is 1. The topological polar surface area (TPSA) is 66.4 Å². The summed E-state index contributed by atoms with van der Waals surface area (Å²) < 4.78 is 0. The first kappa shape index (κ1) is 11.5. The normalized spacial score (nSPS) is 11.4. The van der Waals surface area contributed by atoms with Crippen LogP contribution < -0.4 is 5.32 Å². The molecule has 1 amide bonds. The van der Waals surface area contributed by atoms with Gasteiger partial charge in [0.05, 0.1) is 0 Å². The monoisotopic (exact) mass is 183 g/mol. The molecular weight excluding hydrogens is 170 g/mol. The third kappa shape index (κ3) is 4.16. The van der Waals surface area contributed by atoms with Crippen LogP contribution in [-0.2, 0) is 9.59 Å². The molecule has 2 N–H and O–H groups in total. The van der Waals surface area contributed by atoms with Crippen molar-refractivity contribution in [2.45, 2.75) is 26.8 Å². The van der Waals surface area contributed by atoms with Crippen LogP contribution in [0.1, 0.15) is 20.8 Å². The lowest BCUT2D eigenvalue weighted by atomic mass is 10.1. The Morgan fingerprint density at radius 1 is 1.38 bits per heavy atom. The molecule has 72 valence electrons. The third-order valence-corrected chi connectivity index (χ3v) is 1.46. The molecule has 4 nitrogen and oxygen atoms in total. The minimum Gasteiger partial charge on any atom is -0.480 e. The number of aliphatic carboxylic acids is 1. The van der Waals surface area contributed by atoms with Crippen molar-refractivity contribution in [1.82, 2.24) is 5.32 Å². The second kappa shape index (κ2) is 5.20. The van der Waals surface area contributed by atoms with Crippen molar-refractivity contribution in [2.75, 3.05) is 0 Å². The van der Waals surface area contributed by atoms with E-state index in [2.05, 4.69) is 17.2 Å². The zero-order chi connectivity index (χ0) is 10.4. The Hall–Kier alpha value is -1.50. The summed E-state index contributed by atoms with van der Waals surface area (Å²) in [6, 6.07) is -0.867. The van der Waals surface area contributed by atoms with Crippen molar-refractivity contribution >= 4 is 11.9 Å². The summed E-state index contributed by atoms with van der Waals surface area (Å²) >= 11 is 0. The van der Waals surface area contributed by atoms with E-state index in [0.717, 1.165) is 0 Å². The van der Waals surface area contributed by atoms with E-state index in [9.17, 15) is 9.59 Å². The van der Waals surface area contributed by atoms with Gasteiger partial charge in [0.1, 0.15) is 6.04 Å². The zero-order valence-electron chi connectivity index (χ0n) is 7.92. The highest BCUT2D eigenvalue weighted by Crippen LogP contribution is 2.00. The molecule has 0 saturated carbocycles. The number of carboxylic acid groups (broad SMARTS) is 1. The van der Waals surface area contributed by atoms with Gasteiger partial charge in [0.15, 0.2) is 0 Å². The number of hydrogen-bond acceptors (Lipinski definition) is 2. The Kier molecular flexibility index (Phi) is 4.60. The molecule has 0 aliphatic carbocycles. The molecule has 0 aromatic carbocycles. The molecule has 0 bridgehead atoms. The fourth-order valence-electron chi connectivity index (χ4n) is 0.804. The Morgan fingerprint density at radius 3 is 2.23 bits per heavy atom. The largest absolute Gasteiger partial charge is 0.480 e. The summed E-state index contributed by atoms with van der Waals surface area (Å²) in [5.41, 5.74) is 0. The predicted molar refractivity (Wildman–Crippen MR) is 47.9 cm³/mol. The van der Waals surface area contributed by atoms with Gasteiger partial charge in [-0.05, 0) is 18.8 Å². The van der Waals surface area contributed by atoms with Gasteiger partial charge in [-0.15, -0.1) is 0 Å². The minimum atomic E-state index is -1.04. The number of carbonyl (C=O) groups excluding carboxylic acids is 1. The number of nitrogens with one attached hydrogen (secondary N) is 1. The minimum absolute atomic E-state index is 0.153. The zero-order valence-corrected chi connectivity index (χ0v) is 7.92. The fourth-order valence-corrected chi connectivity index (χ4v) is 0.804. The average Bonchev–Trinajstić information content (AvgIpc) is 1.99. The molecule has 0 rings (SSSR count). The van der Waals surface area contributed by atoms with Gasteiger partial charge in [-0.25, -0.2) is 4.79 Å². The Balaban J connectivity index is 4.32. The second-order valence-corrected chi connectivity index (χ2v) is 2.91. The third-order valence-electron chi connectivity index (χ3n) is 1.46. The maximum atomic E-state index is 10.9. The molecule has 0 saturated heterocycles. The van der Waals surface area contributed by atoms with Crippen molar-refractivity contribution in [3.05, 3.63) is 0 Å². The van der Waals surface area contributed by atoms with Crippen molar-refractivity contribution in [3.63, 3.8) is 0 Å². The van der Waals surface area contributed by atoms with Crippen LogP contribution in [0.2, 0.25) is 0 Å². The molecule has 0 radical (unpaired) electrons. The quantitative estimate of drug-likeness (QED) is 0.616. The van der Waals surface area contributed by atoms with Crippen LogP contribution in [-0.4, -0.2) is 23.0 Å². The van der Waals surface area contributed by atoms with Crippen molar-refractivity contribution in [3.8, 4) is 11.8 Å². The highest BCUT2D eigenvalue weighted by Gasteiger charge is 2.22. The van der Waals surface area contributed by atoms with E-state index in [-0.39, 0.29) is 5.92 Å². The molecule has 13 heavy (non-hydrogen) atoms. The molecule has 0 aliphatic rings. The number of rotatable bonds is 3. The maximum Gasteiger partial charge on any atom is 0.326 e. The van der Waals surface area contributed by atoms with Crippen LogP contribution >= 0.6 is 0 Å². The first-order chi connectivity index (χ1) is 5.99. The number of carbonyl (C=O) groups is 2. The molecule has 0 aromatic rings. The number of carboxylic acids is 1. The highest BCUT2D eigenvalue weighted by atomic mass is 16.4. The Bertz CT molecular complexity index is 260.